The molecule has 1 aromatic carbocycles. The topological polar surface area (TPSA) is 81.4 Å². The van der Waals surface area contributed by atoms with Gasteiger partial charge in [0.1, 0.15) is 0 Å². The molecule has 0 bridgehead atoms. The second-order valence-corrected chi connectivity index (χ2v) is 17.4. The van der Waals surface area contributed by atoms with Crippen LogP contribution < -0.4 is 11.1 Å². The van der Waals surface area contributed by atoms with Crippen LogP contribution in [0.15, 0.2) is 42.5 Å². The van der Waals surface area contributed by atoms with Crippen molar-refractivity contribution in [2.75, 3.05) is 20.2 Å². The van der Waals surface area contributed by atoms with Gasteiger partial charge in [-0.15, -0.1) is 0 Å². The van der Waals surface area contributed by atoms with Gasteiger partial charge >= 0.3 is 5.97 Å². The van der Waals surface area contributed by atoms with Gasteiger partial charge < -0.3 is 15.8 Å². The second kappa shape index (κ2) is 11.6. The standard InChI is InChI=1S/C41H60N2O3/c1-26(2)29-16-21-41(36(45)43-25-9-24-42)23-22-39(6)31(34(29)41)14-15-33-38(5)19-17-30(27-10-12-28(13-11-27)35(44)46-8)37(3,4)32(38)18-20-40(33,39)7/h10-13,17,29,31-34H,1,9,14-16,18-25,42H2,2-8H3,(H,43,45)/t29-,31+,32-,33+,34+,38-,39+,40+,41-/m0/s1. The minimum absolute atomic E-state index is 0.0265. The van der Waals surface area contributed by atoms with Crippen molar-refractivity contribution in [3.05, 3.63) is 53.6 Å². The lowest BCUT2D eigenvalue weighted by molar-refractivity contribution is -0.225. The van der Waals surface area contributed by atoms with Crippen LogP contribution in [-0.4, -0.2) is 32.1 Å². The molecule has 1 aromatic rings. The third kappa shape index (κ3) is 4.64. The highest BCUT2D eigenvalue weighted by Gasteiger charge is 2.71. The van der Waals surface area contributed by atoms with E-state index in [0.717, 1.165) is 38.5 Å². The van der Waals surface area contributed by atoms with Gasteiger partial charge in [0.15, 0.2) is 0 Å². The number of carbonyl (C=O) groups excluding carboxylic acids is 2. The molecule has 5 heteroatoms. The number of carbonyl (C=O) groups is 2. The summed E-state index contributed by atoms with van der Waals surface area (Å²) in [4.78, 5) is 26.2. The van der Waals surface area contributed by atoms with Crippen molar-refractivity contribution in [3.8, 4) is 0 Å². The first-order chi connectivity index (χ1) is 21.7. The molecule has 46 heavy (non-hydrogen) atoms. The van der Waals surface area contributed by atoms with E-state index in [0.29, 0.717) is 54.1 Å². The Labute approximate surface area is 278 Å². The molecule has 0 unspecified atom stereocenters. The van der Waals surface area contributed by atoms with Crippen LogP contribution in [-0.2, 0) is 9.53 Å². The number of nitrogens with one attached hydrogen (secondary N) is 1. The first-order valence-corrected chi connectivity index (χ1v) is 18.2. The van der Waals surface area contributed by atoms with E-state index >= 15 is 0 Å². The van der Waals surface area contributed by atoms with Crippen molar-refractivity contribution in [1.29, 1.82) is 0 Å². The summed E-state index contributed by atoms with van der Waals surface area (Å²) in [5.74, 6) is 2.60. The summed E-state index contributed by atoms with van der Waals surface area (Å²) in [5, 5.41) is 3.35. The van der Waals surface area contributed by atoms with Gasteiger partial charge in [-0.1, -0.05) is 65.0 Å². The van der Waals surface area contributed by atoms with E-state index in [1.807, 2.05) is 12.1 Å². The van der Waals surface area contributed by atoms with Crippen LogP contribution in [0.4, 0.5) is 0 Å². The highest BCUT2D eigenvalue weighted by molar-refractivity contribution is 5.90. The number of hydrogen-bond acceptors (Lipinski definition) is 4. The van der Waals surface area contributed by atoms with Crippen LogP contribution in [0.5, 0.6) is 0 Å². The zero-order chi connectivity index (χ0) is 33.3. The summed E-state index contributed by atoms with van der Waals surface area (Å²) in [5.41, 5.74) is 10.7. The van der Waals surface area contributed by atoms with E-state index in [1.54, 1.807) is 0 Å². The Morgan fingerprint density at radius 2 is 1.65 bits per heavy atom. The molecule has 4 saturated carbocycles. The molecular weight excluding hydrogens is 568 g/mol. The molecule has 0 spiro atoms. The number of esters is 1. The monoisotopic (exact) mass is 628 g/mol. The van der Waals surface area contributed by atoms with Crippen molar-refractivity contribution >= 4 is 17.4 Å². The van der Waals surface area contributed by atoms with Crippen LogP contribution in [0.1, 0.15) is 122 Å². The van der Waals surface area contributed by atoms with E-state index < -0.39 is 0 Å². The highest BCUT2D eigenvalue weighted by Crippen LogP contribution is 2.77. The Hall–Kier alpha value is -2.40. The fourth-order valence-corrected chi connectivity index (χ4v) is 13.0. The molecule has 0 aliphatic heterocycles. The number of nitrogens with two attached hydrogens (primary N) is 1. The normalized spacial score (nSPS) is 40.8. The average molecular weight is 629 g/mol. The average Bonchev–Trinajstić information content (AvgIpc) is 3.42. The van der Waals surface area contributed by atoms with Crippen LogP contribution >= 0.6 is 0 Å². The predicted octanol–water partition coefficient (Wildman–Crippen LogP) is 8.59. The summed E-state index contributed by atoms with van der Waals surface area (Å²) in [7, 11) is 1.44. The second-order valence-electron chi connectivity index (χ2n) is 17.4. The summed E-state index contributed by atoms with van der Waals surface area (Å²) in [6.07, 6.45) is 13.7. The van der Waals surface area contributed by atoms with Crippen LogP contribution in [0, 0.1) is 56.7 Å². The lowest BCUT2D eigenvalue weighted by Gasteiger charge is -2.72. The number of amides is 1. The first-order valence-electron chi connectivity index (χ1n) is 18.2. The highest BCUT2D eigenvalue weighted by atomic mass is 16.5. The van der Waals surface area contributed by atoms with Crippen LogP contribution in [0.25, 0.3) is 5.57 Å². The molecule has 9 atom stereocenters. The Kier molecular flexibility index (Phi) is 8.47. The first kappa shape index (κ1) is 33.5. The largest absolute Gasteiger partial charge is 0.465 e. The third-order valence-electron chi connectivity index (χ3n) is 15.4. The van der Waals surface area contributed by atoms with Crippen molar-refractivity contribution in [3.63, 3.8) is 0 Å². The maximum Gasteiger partial charge on any atom is 0.337 e. The molecule has 0 aromatic heterocycles. The minimum Gasteiger partial charge on any atom is -0.465 e. The molecule has 4 fully saturated rings. The van der Waals surface area contributed by atoms with Gasteiger partial charge in [0.25, 0.3) is 0 Å². The van der Waals surface area contributed by atoms with Crippen molar-refractivity contribution < 1.29 is 14.3 Å². The van der Waals surface area contributed by atoms with Gasteiger partial charge in [-0.2, -0.15) is 0 Å². The van der Waals surface area contributed by atoms with Crippen LogP contribution in [0.2, 0.25) is 0 Å². The van der Waals surface area contributed by atoms with Crippen molar-refractivity contribution in [1.82, 2.24) is 5.32 Å². The number of methoxy groups -OCH3 is 1. The molecule has 5 aliphatic rings. The SMILES string of the molecule is C=C(C)[C@@H]1CC[C@]2(C(=O)NCCCN)CC[C@]3(C)[C@H](CC[C@@H]4[C@@]5(C)CC=C(c6ccc(C(=O)OC)cc6)C(C)(C)[C@@H]5CC[C@]43C)[C@@H]12. The molecule has 252 valence electrons. The molecule has 1 amide bonds. The zero-order valence-electron chi connectivity index (χ0n) is 29.8. The maximum atomic E-state index is 14.1. The molecule has 5 aliphatic carbocycles. The number of allylic oxidation sites excluding steroid dienone is 3. The van der Waals surface area contributed by atoms with E-state index in [-0.39, 0.29) is 33.0 Å². The Balaban J connectivity index is 1.33. The molecule has 0 heterocycles. The molecule has 3 N–H and O–H groups in total. The predicted molar refractivity (Wildman–Crippen MR) is 187 cm³/mol. The Morgan fingerprint density at radius 3 is 2.30 bits per heavy atom. The number of benzene rings is 1. The molecule has 0 saturated heterocycles. The third-order valence-corrected chi connectivity index (χ3v) is 15.4. The molecular formula is C41H60N2O3. The summed E-state index contributed by atoms with van der Waals surface area (Å²) in [6, 6.07) is 8.05. The van der Waals surface area contributed by atoms with Gasteiger partial charge in [0, 0.05) is 6.54 Å². The Bertz CT molecular complexity index is 1410. The lowest BCUT2D eigenvalue weighted by atomic mass is 9.32. The van der Waals surface area contributed by atoms with Gasteiger partial charge in [-0.3, -0.25) is 4.79 Å². The maximum absolute atomic E-state index is 14.1. The number of ether oxygens (including phenoxy) is 1. The summed E-state index contributed by atoms with van der Waals surface area (Å²) >= 11 is 0. The Morgan fingerprint density at radius 1 is 0.935 bits per heavy atom. The summed E-state index contributed by atoms with van der Waals surface area (Å²) in [6.45, 7) is 20.9. The fourth-order valence-electron chi connectivity index (χ4n) is 13.0. The van der Waals surface area contributed by atoms with E-state index in [1.165, 1.54) is 49.5 Å². The molecule has 0 radical (unpaired) electrons. The van der Waals surface area contributed by atoms with E-state index in [4.69, 9.17) is 10.5 Å². The molecule has 6 rings (SSSR count). The van der Waals surface area contributed by atoms with Crippen molar-refractivity contribution in [2.45, 2.75) is 106 Å². The lowest BCUT2D eigenvalue weighted by Crippen LogP contribution is -2.66. The van der Waals surface area contributed by atoms with Gasteiger partial charge in [-0.25, -0.2) is 4.79 Å². The number of rotatable bonds is 7. The minimum atomic E-state index is -0.286. The van der Waals surface area contributed by atoms with Gasteiger partial charge in [0.2, 0.25) is 5.91 Å². The summed E-state index contributed by atoms with van der Waals surface area (Å²) < 4.78 is 4.95. The zero-order valence-corrected chi connectivity index (χ0v) is 29.8. The number of fused-ring (bicyclic) bond motifs is 7. The van der Waals surface area contributed by atoms with Gasteiger partial charge in [-0.05, 0) is 152 Å². The van der Waals surface area contributed by atoms with Gasteiger partial charge in [0.05, 0.1) is 18.1 Å². The van der Waals surface area contributed by atoms with Crippen LogP contribution in [0.3, 0.4) is 0 Å². The van der Waals surface area contributed by atoms with E-state index in [2.05, 4.69) is 71.6 Å². The van der Waals surface area contributed by atoms with Crippen molar-refractivity contribution in [2.24, 2.45) is 62.4 Å². The number of hydrogen-bond donors (Lipinski definition) is 2. The molecule has 5 nitrogen and oxygen atoms in total. The van der Waals surface area contributed by atoms with E-state index in [9.17, 15) is 9.59 Å². The quantitative estimate of drug-likeness (QED) is 0.180. The smallest absolute Gasteiger partial charge is 0.337 e. The fraction of sp³-hybridized carbons (Fsp3) is 0.707.